The van der Waals surface area contributed by atoms with Crippen LogP contribution in [0.1, 0.15) is 35.1 Å². The summed E-state index contributed by atoms with van der Waals surface area (Å²) >= 11 is 16.1. The van der Waals surface area contributed by atoms with Gasteiger partial charge in [0.1, 0.15) is 6.61 Å². The third-order valence-electron chi connectivity index (χ3n) is 6.52. The van der Waals surface area contributed by atoms with Crippen molar-refractivity contribution in [2.75, 3.05) is 12.4 Å². The van der Waals surface area contributed by atoms with E-state index in [2.05, 4.69) is 33.4 Å². The van der Waals surface area contributed by atoms with Gasteiger partial charge in [-0.05, 0) is 69.2 Å². The summed E-state index contributed by atoms with van der Waals surface area (Å²) in [6.45, 7) is 0.365. The molecule has 2 aliphatic rings. The zero-order valence-corrected chi connectivity index (χ0v) is 21.7. The lowest BCUT2D eigenvalue weighted by molar-refractivity contribution is -0.384. The van der Waals surface area contributed by atoms with E-state index in [1.54, 1.807) is 13.2 Å². The molecule has 0 unspecified atom stereocenters. The Morgan fingerprint density at radius 1 is 1.17 bits per heavy atom. The van der Waals surface area contributed by atoms with Crippen molar-refractivity contribution in [3.05, 3.63) is 102 Å². The standard InChI is InChI=1S/C26H21BrCl2N2O4/c1-34-23-10-15(9-21(27)26(23)35-13-14-5-7-16(28)8-6-14)24-19-4-2-3-18(19)20-11-17(31(32)33)12-22(29)25(20)30-24/h2-3,5-12,18-19,24,30H,4,13H2,1H3/t18-,19-,24+/m1/s1. The van der Waals surface area contributed by atoms with E-state index >= 15 is 0 Å². The van der Waals surface area contributed by atoms with Gasteiger partial charge in [-0.15, -0.1) is 0 Å². The summed E-state index contributed by atoms with van der Waals surface area (Å²) in [5.41, 5.74) is 3.58. The van der Waals surface area contributed by atoms with Gasteiger partial charge in [-0.25, -0.2) is 0 Å². The second-order valence-electron chi connectivity index (χ2n) is 8.57. The number of hydrogen-bond donors (Lipinski definition) is 1. The fourth-order valence-corrected chi connectivity index (χ4v) is 5.85. The minimum atomic E-state index is -0.406. The van der Waals surface area contributed by atoms with Crippen LogP contribution in [0, 0.1) is 16.0 Å². The average Bonchev–Trinajstić information content (AvgIpc) is 3.34. The number of non-ortho nitro benzene ring substituents is 1. The van der Waals surface area contributed by atoms with Crippen LogP contribution >= 0.6 is 39.1 Å². The molecule has 1 N–H and O–H groups in total. The molecular weight excluding hydrogens is 555 g/mol. The molecule has 0 bridgehead atoms. The summed E-state index contributed by atoms with van der Waals surface area (Å²) in [5, 5.41) is 16.0. The van der Waals surface area contributed by atoms with Gasteiger partial charge in [0.15, 0.2) is 11.5 Å². The summed E-state index contributed by atoms with van der Waals surface area (Å²) in [6.07, 6.45) is 5.09. The molecule has 0 saturated heterocycles. The van der Waals surface area contributed by atoms with Crippen LogP contribution in [-0.4, -0.2) is 12.0 Å². The lowest BCUT2D eigenvalue weighted by Gasteiger charge is -2.38. The van der Waals surface area contributed by atoms with E-state index < -0.39 is 4.92 Å². The minimum Gasteiger partial charge on any atom is -0.493 e. The van der Waals surface area contributed by atoms with Gasteiger partial charge in [-0.3, -0.25) is 10.1 Å². The number of anilines is 1. The zero-order valence-electron chi connectivity index (χ0n) is 18.6. The Kier molecular flexibility index (Phi) is 6.66. The van der Waals surface area contributed by atoms with E-state index in [9.17, 15) is 10.1 Å². The van der Waals surface area contributed by atoms with Crippen LogP contribution in [0.25, 0.3) is 0 Å². The highest BCUT2D eigenvalue weighted by atomic mass is 79.9. The normalized spacial score (nSPS) is 20.1. The highest BCUT2D eigenvalue weighted by Crippen LogP contribution is 2.53. The molecule has 3 aromatic rings. The Bertz CT molecular complexity index is 1330. The van der Waals surface area contributed by atoms with Crippen LogP contribution in [0.5, 0.6) is 11.5 Å². The lowest BCUT2D eigenvalue weighted by Crippen LogP contribution is -2.29. The van der Waals surface area contributed by atoms with Crippen LogP contribution in [-0.2, 0) is 6.61 Å². The van der Waals surface area contributed by atoms with Crippen molar-refractivity contribution in [1.82, 2.24) is 0 Å². The van der Waals surface area contributed by atoms with Gasteiger partial charge < -0.3 is 14.8 Å². The highest BCUT2D eigenvalue weighted by Gasteiger charge is 2.40. The van der Waals surface area contributed by atoms with E-state index in [0.717, 1.165) is 33.3 Å². The highest BCUT2D eigenvalue weighted by molar-refractivity contribution is 9.10. The van der Waals surface area contributed by atoms with Crippen LogP contribution in [0.3, 0.4) is 0 Å². The van der Waals surface area contributed by atoms with Crippen LogP contribution in [0.4, 0.5) is 11.4 Å². The summed E-state index contributed by atoms with van der Waals surface area (Å²) in [4.78, 5) is 11.0. The molecule has 0 radical (unpaired) electrons. The Morgan fingerprint density at radius 2 is 1.94 bits per heavy atom. The molecule has 0 spiro atoms. The maximum Gasteiger partial charge on any atom is 0.271 e. The van der Waals surface area contributed by atoms with Crippen molar-refractivity contribution in [1.29, 1.82) is 0 Å². The van der Waals surface area contributed by atoms with Crippen LogP contribution in [0.15, 0.2) is 65.2 Å². The smallest absolute Gasteiger partial charge is 0.271 e. The number of ether oxygens (including phenoxy) is 2. The molecule has 9 heteroatoms. The van der Waals surface area contributed by atoms with E-state index in [1.807, 2.05) is 36.4 Å². The molecule has 6 nitrogen and oxygen atoms in total. The predicted molar refractivity (Wildman–Crippen MR) is 141 cm³/mol. The Morgan fingerprint density at radius 3 is 2.66 bits per heavy atom. The van der Waals surface area contributed by atoms with Gasteiger partial charge in [-0.1, -0.05) is 47.5 Å². The third kappa shape index (κ3) is 4.60. The van der Waals surface area contributed by atoms with Crippen LogP contribution < -0.4 is 14.8 Å². The number of rotatable bonds is 6. The van der Waals surface area contributed by atoms with Gasteiger partial charge in [0.25, 0.3) is 5.69 Å². The summed E-state index contributed by atoms with van der Waals surface area (Å²) < 4.78 is 12.6. The lowest BCUT2D eigenvalue weighted by atomic mass is 9.77. The number of fused-ring (bicyclic) bond motifs is 3. The number of allylic oxidation sites excluding steroid dienone is 2. The number of halogens is 3. The van der Waals surface area contributed by atoms with Crippen molar-refractivity contribution in [2.24, 2.45) is 5.92 Å². The van der Waals surface area contributed by atoms with Gasteiger partial charge in [0, 0.05) is 23.1 Å². The molecule has 1 aliphatic heterocycles. The Labute approximate surface area is 221 Å². The molecule has 5 rings (SSSR count). The first-order chi connectivity index (χ1) is 16.9. The largest absolute Gasteiger partial charge is 0.493 e. The second kappa shape index (κ2) is 9.72. The first kappa shape index (κ1) is 24.0. The quantitative estimate of drug-likeness (QED) is 0.183. The van der Waals surface area contributed by atoms with Gasteiger partial charge >= 0.3 is 0 Å². The fourth-order valence-electron chi connectivity index (χ4n) is 4.87. The maximum absolute atomic E-state index is 11.4. The van der Waals surface area contributed by atoms with Gasteiger partial charge in [0.2, 0.25) is 0 Å². The molecule has 0 amide bonds. The number of nitrogens with one attached hydrogen (secondary N) is 1. The first-order valence-corrected chi connectivity index (χ1v) is 12.6. The molecule has 180 valence electrons. The van der Waals surface area contributed by atoms with E-state index in [1.165, 1.54) is 6.07 Å². The van der Waals surface area contributed by atoms with E-state index in [4.69, 9.17) is 32.7 Å². The average molecular weight is 576 g/mol. The van der Waals surface area contributed by atoms with Crippen molar-refractivity contribution >= 4 is 50.5 Å². The number of benzene rings is 3. The van der Waals surface area contributed by atoms with E-state index in [0.29, 0.717) is 28.2 Å². The van der Waals surface area contributed by atoms with E-state index in [-0.39, 0.29) is 23.6 Å². The fraction of sp³-hybridized carbons (Fsp3) is 0.231. The third-order valence-corrected chi connectivity index (χ3v) is 7.66. The van der Waals surface area contributed by atoms with Crippen molar-refractivity contribution in [3.63, 3.8) is 0 Å². The SMILES string of the molecule is COc1cc([C@@H]2Nc3c(Cl)cc([N+](=O)[O-])cc3[C@@H]3C=CC[C@H]32)cc(Br)c1OCc1ccc(Cl)cc1. The monoisotopic (exact) mass is 574 g/mol. The summed E-state index contributed by atoms with van der Waals surface area (Å²) in [5.74, 6) is 1.42. The molecule has 0 saturated carbocycles. The van der Waals surface area contributed by atoms with Crippen molar-refractivity contribution in [2.45, 2.75) is 25.0 Å². The molecule has 3 atom stereocenters. The summed E-state index contributed by atoms with van der Waals surface area (Å²) in [7, 11) is 1.61. The molecule has 1 heterocycles. The minimum absolute atomic E-state index is 0.000322. The number of nitro groups is 1. The van der Waals surface area contributed by atoms with Crippen molar-refractivity contribution < 1.29 is 14.4 Å². The number of methoxy groups -OCH3 is 1. The molecule has 0 aromatic heterocycles. The van der Waals surface area contributed by atoms with Gasteiger partial charge in [-0.2, -0.15) is 0 Å². The summed E-state index contributed by atoms with van der Waals surface area (Å²) in [6, 6.07) is 14.4. The van der Waals surface area contributed by atoms with Crippen LogP contribution in [0.2, 0.25) is 10.0 Å². The second-order valence-corrected chi connectivity index (χ2v) is 10.3. The zero-order chi connectivity index (χ0) is 24.7. The molecule has 0 fully saturated rings. The molecule has 35 heavy (non-hydrogen) atoms. The number of nitrogens with zero attached hydrogens (tertiary/aromatic N) is 1. The topological polar surface area (TPSA) is 73.6 Å². The first-order valence-electron chi connectivity index (χ1n) is 11.0. The Hall–Kier alpha value is -2.74. The van der Waals surface area contributed by atoms with Gasteiger partial charge in [0.05, 0.1) is 33.3 Å². The molecule has 3 aromatic carbocycles. The van der Waals surface area contributed by atoms with Crippen molar-refractivity contribution in [3.8, 4) is 11.5 Å². The molecular formula is C26H21BrCl2N2O4. The Balaban J connectivity index is 1.47. The number of hydrogen-bond acceptors (Lipinski definition) is 5. The number of nitro benzene ring substituents is 1. The predicted octanol–water partition coefficient (Wildman–Crippen LogP) is 8.08. The molecule has 1 aliphatic carbocycles. The maximum atomic E-state index is 11.4.